The molecule has 0 spiro atoms. The Morgan fingerprint density at radius 1 is 1.20 bits per heavy atom. The average Bonchev–Trinajstić information content (AvgIpc) is 2.58. The summed E-state index contributed by atoms with van der Waals surface area (Å²) in [4.78, 5) is 26.7. The smallest absolute Gasteiger partial charge is 0.312 e. The average molecular weight is 371 g/mol. The third-order valence-electron chi connectivity index (χ3n) is 4.29. The molecule has 0 saturated carbocycles. The number of halogens is 2. The van der Waals surface area contributed by atoms with Gasteiger partial charge in [0.2, 0.25) is 5.91 Å². The van der Waals surface area contributed by atoms with Gasteiger partial charge in [-0.3, -0.25) is 9.69 Å². The summed E-state index contributed by atoms with van der Waals surface area (Å²) >= 11 is 6.07. The molecule has 1 saturated heterocycles. The van der Waals surface area contributed by atoms with Crippen molar-refractivity contribution in [3.8, 4) is 0 Å². The van der Waals surface area contributed by atoms with E-state index in [1.807, 2.05) is 4.90 Å². The van der Waals surface area contributed by atoms with Gasteiger partial charge in [0.15, 0.2) is 0 Å². The van der Waals surface area contributed by atoms with Crippen LogP contribution in [0.5, 0.6) is 0 Å². The molecule has 8 heteroatoms. The molecule has 138 valence electrons. The number of piperazine rings is 1. The van der Waals surface area contributed by atoms with Crippen molar-refractivity contribution >= 4 is 23.5 Å². The molecular weight excluding hydrogens is 347 g/mol. The lowest BCUT2D eigenvalue weighted by molar-refractivity contribution is -0.133. The van der Waals surface area contributed by atoms with Crippen LogP contribution < -0.4 is 11.1 Å². The lowest BCUT2D eigenvalue weighted by atomic mass is 10.1. The fourth-order valence-electron chi connectivity index (χ4n) is 2.83. The standard InChI is InChI=1S/C17H24ClFN4O2/c18-14-4-3-5-15(19)13(14)12-22-8-10-23(11-9-22)16(24)6-1-2-7-21-17(20)25/h3-5H,1-2,6-12H2,(H3,20,21,25). The van der Waals surface area contributed by atoms with Crippen molar-refractivity contribution in [1.29, 1.82) is 0 Å². The molecular formula is C17H24ClFN4O2. The molecule has 0 unspecified atom stereocenters. The molecule has 1 aliphatic rings. The third-order valence-corrected chi connectivity index (χ3v) is 4.64. The predicted molar refractivity (Wildman–Crippen MR) is 94.7 cm³/mol. The van der Waals surface area contributed by atoms with E-state index in [4.69, 9.17) is 17.3 Å². The number of carbonyl (C=O) groups excluding carboxylic acids is 2. The first-order valence-corrected chi connectivity index (χ1v) is 8.81. The van der Waals surface area contributed by atoms with Crippen LogP contribution in [0, 0.1) is 5.82 Å². The van der Waals surface area contributed by atoms with Crippen LogP contribution in [0.2, 0.25) is 5.02 Å². The van der Waals surface area contributed by atoms with Gasteiger partial charge in [-0.05, 0) is 25.0 Å². The van der Waals surface area contributed by atoms with E-state index in [2.05, 4.69) is 10.2 Å². The van der Waals surface area contributed by atoms with E-state index in [0.29, 0.717) is 62.7 Å². The van der Waals surface area contributed by atoms with Crippen molar-refractivity contribution in [2.45, 2.75) is 25.8 Å². The molecule has 1 aromatic carbocycles. The van der Waals surface area contributed by atoms with Crippen LogP contribution >= 0.6 is 11.6 Å². The van der Waals surface area contributed by atoms with Crippen molar-refractivity contribution in [2.75, 3.05) is 32.7 Å². The van der Waals surface area contributed by atoms with Gasteiger partial charge in [-0.25, -0.2) is 9.18 Å². The fraction of sp³-hybridized carbons (Fsp3) is 0.529. The van der Waals surface area contributed by atoms with E-state index in [0.717, 1.165) is 6.42 Å². The molecule has 1 aliphatic heterocycles. The molecule has 25 heavy (non-hydrogen) atoms. The van der Waals surface area contributed by atoms with Crippen LogP contribution in [0.1, 0.15) is 24.8 Å². The van der Waals surface area contributed by atoms with Crippen molar-refractivity contribution in [3.05, 3.63) is 34.6 Å². The summed E-state index contributed by atoms with van der Waals surface area (Å²) in [6, 6.07) is 4.15. The Morgan fingerprint density at radius 2 is 1.92 bits per heavy atom. The summed E-state index contributed by atoms with van der Waals surface area (Å²) < 4.78 is 13.9. The van der Waals surface area contributed by atoms with E-state index in [9.17, 15) is 14.0 Å². The van der Waals surface area contributed by atoms with E-state index in [1.165, 1.54) is 6.07 Å². The zero-order valence-electron chi connectivity index (χ0n) is 14.1. The SMILES string of the molecule is NC(=O)NCCCCC(=O)N1CCN(Cc2c(F)cccc2Cl)CC1. The van der Waals surface area contributed by atoms with Crippen molar-refractivity contribution in [1.82, 2.24) is 15.1 Å². The van der Waals surface area contributed by atoms with Crippen LogP contribution in [0.25, 0.3) is 0 Å². The minimum atomic E-state index is -0.544. The third kappa shape index (κ3) is 6.17. The second kappa shape index (κ2) is 9.58. The zero-order valence-corrected chi connectivity index (χ0v) is 14.9. The zero-order chi connectivity index (χ0) is 18.2. The Balaban J connectivity index is 1.70. The molecule has 0 bridgehead atoms. The minimum Gasteiger partial charge on any atom is -0.352 e. The normalized spacial score (nSPS) is 15.2. The van der Waals surface area contributed by atoms with Crippen LogP contribution in [0.4, 0.5) is 9.18 Å². The first-order valence-electron chi connectivity index (χ1n) is 8.43. The van der Waals surface area contributed by atoms with Crippen LogP contribution in [-0.2, 0) is 11.3 Å². The number of nitrogens with zero attached hydrogens (tertiary/aromatic N) is 2. The quantitative estimate of drug-likeness (QED) is 0.720. The number of primary amides is 1. The molecule has 6 nitrogen and oxygen atoms in total. The minimum absolute atomic E-state index is 0.114. The summed E-state index contributed by atoms with van der Waals surface area (Å²) in [5.41, 5.74) is 5.48. The lowest BCUT2D eigenvalue weighted by Crippen LogP contribution is -2.48. The summed E-state index contributed by atoms with van der Waals surface area (Å²) in [6.07, 6.45) is 1.89. The van der Waals surface area contributed by atoms with Gasteiger partial charge in [0.25, 0.3) is 0 Å². The van der Waals surface area contributed by atoms with Gasteiger partial charge in [-0.15, -0.1) is 0 Å². The van der Waals surface area contributed by atoms with Crippen molar-refractivity contribution < 1.29 is 14.0 Å². The Kier molecular flexibility index (Phi) is 7.46. The van der Waals surface area contributed by atoms with Crippen LogP contribution in [0.15, 0.2) is 18.2 Å². The van der Waals surface area contributed by atoms with E-state index < -0.39 is 6.03 Å². The number of unbranched alkanes of at least 4 members (excludes halogenated alkanes) is 1. The molecule has 2 rings (SSSR count). The summed E-state index contributed by atoms with van der Waals surface area (Å²) in [5.74, 6) is -0.182. The molecule has 0 aromatic heterocycles. The second-order valence-electron chi connectivity index (χ2n) is 6.11. The van der Waals surface area contributed by atoms with Gasteiger partial charge in [0.1, 0.15) is 5.82 Å². The maximum absolute atomic E-state index is 13.9. The molecule has 0 aliphatic carbocycles. The Bertz CT molecular complexity index is 586. The number of nitrogens with one attached hydrogen (secondary N) is 1. The van der Waals surface area contributed by atoms with Gasteiger partial charge in [0, 0.05) is 56.3 Å². The second-order valence-corrected chi connectivity index (χ2v) is 6.51. The van der Waals surface area contributed by atoms with E-state index in [1.54, 1.807) is 12.1 Å². The summed E-state index contributed by atoms with van der Waals surface area (Å²) in [5, 5.41) is 2.94. The molecule has 3 amide bonds. The largest absolute Gasteiger partial charge is 0.352 e. The Labute approximate surface area is 152 Å². The Hall–Kier alpha value is -1.86. The van der Waals surface area contributed by atoms with E-state index in [-0.39, 0.29) is 11.7 Å². The topological polar surface area (TPSA) is 78.7 Å². The fourth-order valence-corrected chi connectivity index (χ4v) is 3.06. The van der Waals surface area contributed by atoms with E-state index >= 15 is 0 Å². The van der Waals surface area contributed by atoms with Crippen molar-refractivity contribution in [2.24, 2.45) is 5.73 Å². The predicted octanol–water partition coefficient (Wildman–Crippen LogP) is 1.96. The summed E-state index contributed by atoms with van der Waals surface area (Å²) in [7, 11) is 0. The highest BCUT2D eigenvalue weighted by Crippen LogP contribution is 2.21. The van der Waals surface area contributed by atoms with Crippen LogP contribution in [-0.4, -0.2) is 54.5 Å². The number of urea groups is 1. The first-order chi connectivity index (χ1) is 12.0. The highest BCUT2D eigenvalue weighted by Gasteiger charge is 2.22. The van der Waals surface area contributed by atoms with Crippen LogP contribution in [0.3, 0.4) is 0 Å². The molecule has 0 atom stereocenters. The maximum Gasteiger partial charge on any atom is 0.312 e. The molecule has 1 heterocycles. The highest BCUT2D eigenvalue weighted by molar-refractivity contribution is 6.31. The van der Waals surface area contributed by atoms with Gasteiger partial charge in [-0.1, -0.05) is 17.7 Å². The highest BCUT2D eigenvalue weighted by atomic mass is 35.5. The van der Waals surface area contributed by atoms with Gasteiger partial charge in [-0.2, -0.15) is 0 Å². The monoisotopic (exact) mass is 370 g/mol. The number of benzene rings is 1. The first kappa shape index (κ1) is 19.5. The molecule has 1 aromatic rings. The van der Waals surface area contributed by atoms with Gasteiger partial charge < -0.3 is 16.0 Å². The Morgan fingerprint density at radius 3 is 2.56 bits per heavy atom. The van der Waals surface area contributed by atoms with Gasteiger partial charge in [0.05, 0.1) is 0 Å². The molecule has 0 radical (unpaired) electrons. The molecule has 1 fully saturated rings. The molecule has 3 N–H and O–H groups in total. The summed E-state index contributed by atoms with van der Waals surface area (Å²) in [6.45, 7) is 3.58. The number of hydrogen-bond acceptors (Lipinski definition) is 3. The van der Waals surface area contributed by atoms with Gasteiger partial charge >= 0.3 is 6.03 Å². The maximum atomic E-state index is 13.9. The number of rotatable bonds is 7. The number of amides is 3. The number of carbonyl (C=O) groups is 2. The number of hydrogen-bond donors (Lipinski definition) is 2. The lowest BCUT2D eigenvalue weighted by Gasteiger charge is -2.35. The number of nitrogens with two attached hydrogens (primary N) is 1. The van der Waals surface area contributed by atoms with Crippen molar-refractivity contribution in [3.63, 3.8) is 0 Å².